The van der Waals surface area contributed by atoms with Gasteiger partial charge in [-0.3, -0.25) is 0 Å². The number of aromatic nitrogens is 2. The summed E-state index contributed by atoms with van der Waals surface area (Å²) in [5.74, 6) is 0. The average molecular weight is 210 g/mol. The van der Waals surface area contributed by atoms with Gasteiger partial charge >= 0.3 is 0 Å². The first-order chi connectivity index (χ1) is 6.73. The summed E-state index contributed by atoms with van der Waals surface area (Å²) in [6, 6.07) is 0. The Morgan fingerprint density at radius 1 is 1.36 bits per heavy atom. The standard InChI is InChI=1S/C10H15N2OP/c1-12-7-11-6-10(12)14(13,8-2-3-8)9-4-5-9/h6-9H,2-5H2,1H3. The van der Waals surface area contributed by atoms with Crippen LogP contribution in [0.15, 0.2) is 12.5 Å². The zero-order valence-electron chi connectivity index (χ0n) is 8.39. The van der Waals surface area contributed by atoms with Crippen molar-refractivity contribution in [1.82, 2.24) is 9.55 Å². The van der Waals surface area contributed by atoms with E-state index >= 15 is 0 Å². The van der Waals surface area contributed by atoms with Crippen molar-refractivity contribution in [3.8, 4) is 0 Å². The van der Waals surface area contributed by atoms with Gasteiger partial charge in [-0.15, -0.1) is 0 Å². The highest BCUT2D eigenvalue weighted by Crippen LogP contribution is 2.69. The molecule has 14 heavy (non-hydrogen) atoms. The smallest absolute Gasteiger partial charge is 0.138 e. The fourth-order valence-corrected chi connectivity index (χ4v) is 6.24. The van der Waals surface area contributed by atoms with E-state index in [4.69, 9.17) is 0 Å². The van der Waals surface area contributed by atoms with Gasteiger partial charge in [0.1, 0.15) is 7.14 Å². The van der Waals surface area contributed by atoms with Crippen LogP contribution in [0.1, 0.15) is 25.7 Å². The van der Waals surface area contributed by atoms with Gasteiger partial charge in [0, 0.05) is 18.4 Å². The highest BCUT2D eigenvalue weighted by Gasteiger charge is 2.52. The number of aryl methyl sites for hydroxylation is 1. The van der Waals surface area contributed by atoms with Gasteiger partial charge in [0.2, 0.25) is 0 Å². The van der Waals surface area contributed by atoms with Crippen molar-refractivity contribution in [1.29, 1.82) is 0 Å². The molecule has 3 rings (SSSR count). The van der Waals surface area contributed by atoms with E-state index in [1.165, 1.54) is 25.7 Å². The maximum absolute atomic E-state index is 13.0. The first kappa shape index (κ1) is 8.72. The number of hydrogen-bond donors (Lipinski definition) is 0. The van der Waals surface area contributed by atoms with Crippen LogP contribution in [0.2, 0.25) is 0 Å². The topological polar surface area (TPSA) is 34.9 Å². The van der Waals surface area contributed by atoms with E-state index < -0.39 is 7.14 Å². The summed E-state index contributed by atoms with van der Waals surface area (Å²) in [5, 5.41) is 0. The van der Waals surface area contributed by atoms with Crippen LogP contribution in [-0.2, 0) is 11.6 Å². The van der Waals surface area contributed by atoms with Gasteiger partial charge in [0.25, 0.3) is 0 Å². The first-order valence-corrected chi connectivity index (χ1v) is 7.13. The highest BCUT2D eigenvalue weighted by atomic mass is 31.2. The second-order valence-electron chi connectivity index (χ2n) is 4.53. The molecule has 0 N–H and O–H groups in total. The van der Waals surface area contributed by atoms with Crippen molar-refractivity contribution in [3.63, 3.8) is 0 Å². The molecule has 1 aromatic rings. The lowest BCUT2D eigenvalue weighted by Gasteiger charge is -2.17. The highest BCUT2D eigenvalue weighted by molar-refractivity contribution is 7.73. The predicted octanol–water partition coefficient (Wildman–Crippen LogP) is 1.73. The van der Waals surface area contributed by atoms with Crippen molar-refractivity contribution in [3.05, 3.63) is 12.5 Å². The van der Waals surface area contributed by atoms with E-state index in [0.29, 0.717) is 11.3 Å². The second-order valence-corrected chi connectivity index (χ2v) is 7.87. The molecule has 0 radical (unpaired) electrons. The number of hydrogen-bond acceptors (Lipinski definition) is 2. The van der Waals surface area contributed by atoms with Crippen LogP contribution in [0, 0.1) is 0 Å². The van der Waals surface area contributed by atoms with Crippen LogP contribution in [0.25, 0.3) is 0 Å². The number of rotatable bonds is 3. The van der Waals surface area contributed by atoms with Gasteiger partial charge in [-0.1, -0.05) is 0 Å². The lowest BCUT2D eigenvalue weighted by molar-refractivity contribution is 0.577. The van der Waals surface area contributed by atoms with Crippen LogP contribution < -0.4 is 5.44 Å². The monoisotopic (exact) mass is 210 g/mol. The molecule has 0 unspecified atom stereocenters. The maximum Gasteiger partial charge on any atom is 0.138 e. The van der Waals surface area contributed by atoms with E-state index in [1.54, 1.807) is 6.33 Å². The molecular formula is C10H15N2OP. The Balaban J connectivity index is 2.07. The van der Waals surface area contributed by atoms with E-state index in [-0.39, 0.29) is 0 Å². The molecule has 4 heteroatoms. The van der Waals surface area contributed by atoms with Crippen LogP contribution in [0.4, 0.5) is 0 Å². The minimum Gasteiger partial charge on any atom is -0.331 e. The Bertz CT molecular complexity index is 388. The van der Waals surface area contributed by atoms with E-state index in [1.807, 2.05) is 17.8 Å². The SMILES string of the molecule is Cn1cncc1P(=O)(C1CC1)C1CC1. The Morgan fingerprint density at radius 2 is 1.93 bits per heavy atom. The molecule has 0 saturated heterocycles. The molecule has 0 aliphatic heterocycles. The van der Waals surface area contributed by atoms with Crippen LogP contribution >= 0.6 is 7.14 Å². The van der Waals surface area contributed by atoms with E-state index in [9.17, 15) is 4.57 Å². The molecule has 0 amide bonds. The molecule has 2 aliphatic carbocycles. The van der Waals surface area contributed by atoms with Gasteiger partial charge < -0.3 is 9.13 Å². The molecule has 76 valence electrons. The summed E-state index contributed by atoms with van der Waals surface area (Å²) in [4.78, 5) is 4.10. The van der Waals surface area contributed by atoms with Crippen molar-refractivity contribution >= 4 is 12.6 Å². The summed E-state index contributed by atoms with van der Waals surface area (Å²) < 4.78 is 14.9. The maximum atomic E-state index is 13.0. The molecule has 0 bridgehead atoms. The van der Waals surface area contributed by atoms with Crippen LogP contribution in [0.5, 0.6) is 0 Å². The predicted molar refractivity (Wildman–Crippen MR) is 56.5 cm³/mol. The Kier molecular flexibility index (Phi) is 1.70. The number of nitrogens with zero attached hydrogens (tertiary/aromatic N) is 2. The zero-order chi connectivity index (χ0) is 9.76. The van der Waals surface area contributed by atoms with Crippen molar-refractivity contribution in [2.24, 2.45) is 7.05 Å². The molecule has 2 fully saturated rings. The fraction of sp³-hybridized carbons (Fsp3) is 0.700. The first-order valence-electron chi connectivity index (χ1n) is 5.29. The summed E-state index contributed by atoms with van der Waals surface area (Å²) in [5.41, 5.74) is 2.00. The minimum absolute atomic E-state index is 0.491. The Labute approximate surface area is 83.9 Å². The zero-order valence-corrected chi connectivity index (χ0v) is 9.28. The van der Waals surface area contributed by atoms with Gasteiger partial charge in [0.15, 0.2) is 0 Å². The average Bonchev–Trinajstić information content (AvgIpc) is 3.00. The third kappa shape index (κ3) is 1.12. The molecule has 0 spiro atoms. The summed E-state index contributed by atoms with van der Waals surface area (Å²) >= 11 is 0. The fourth-order valence-electron chi connectivity index (χ4n) is 2.28. The van der Waals surface area contributed by atoms with E-state index in [2.05, 4.69) is 4.98 Å². The van der Waals surface area contributed by atoms with Crippen LogP contribution in [-0.4, -0.2) is 20.9 Å². The molecule has 3 nitrogen and oxygen atoms in total. The molecule has 1 heterocycles. The quantitative estimate of drug-likeness (QED) is 0.712. The minimum atomic E-state index is -2.08. The second kappa shape index (κ2) is 2.73. The van der Waals surface area contributed by atoms with Gasteiger partial charge in [-0.05, 0) is 25.7 Å². The van der Waals surface area contributed by atoms with Crippen LogP contribution in [0.3, 0.4) is 0 Å². The number of imidazole rings is 1. The molecule has 0 atom stereocenters. The molecule has 2 saturated carbocycles. The third-order valence-corrected chi connectivity index (χ3v) is 7.68. The van der Waals surface area contributed by atoms with Gasteiger partial charge in [-0.25, -0.2) is 4.98 Å². The lowest BCUT2D eigenvalue weighted by Crippen LogP contribution is -2.18. The summed E-state index contributed by atoms with van der Waals surface area (Å²) in [7, 11) is -0.125. The largest absolute Gasteiger partial charge is 0.331 e. The third-order valence-electron chi connectivity index (χ3n) is 3.33. The molecule has 0 aromatic carbocycles. The van der Waals surface area contributed by atoms with Crippen molar-refractivity contribution in [2.75, 3.05) is 0 Å². The Hall–Kier alpha value is -0.560. The van der Waals surface area contributed by atoms with Gasteiger partial charge in [-0.2, -0.15) is 0 Å². The van der Waals surface area contributed by atoms with Crippen molar-refractivity contribution in [2.45, 2.75) is 37.0 Å². The summed E-state index contributed by atoms with van der Waals surface area (Å²) in [6.45, 7) is 0. The Morgan fingerprint density at radius 3 is 2.29 bits per heavy atom. The van der Waals surface area contributed by atoms with Gasteiger partial charge in [0.05, 0.1) is 18.0 Å². The molecule has 1 aromatic heterocycles. The molecular weight excluding hydrogens is 195 g/mol. The van der Waals surface area contributed by atoms with Crippen molar-refractivity contribution < 1.29 is 4.57 Å². The molecule has 2 aliphatic rings. The van der Waals surface area contributed by atoms with E-state index in [0.717, 1.165) is 5.44 Å². The summed E-state index contributed by atoms with van der Waals surface area (Å²) in [6.07, 6.45) is 8.25. The lowest BCUT2D eigenvalue weighted by atomic mass is 10.9. The normalized spacial score (nSPS) is 22.6.